The van der Waals surface area contributed by atoms with E-state index in [2.05, 4.69) is 5.32 Å². The molecule has 4 saturated heterocycles. The van der Waals surface area contributed by atoms with E-state index in [9.17, 15) is 43.2 Å². The average molecular weight is 541 g/mol. The number of benzene rings is 1. The van der Waals surface area contributed by atoms with E-state index < -0.39 is 63.9 Å². The number of carbonyl (C=O) groups excluding carboxylic acids is 9. The minimum atomic E-state index is -2.52. The summed E-state index contributed by atoms with van der Waals surface area (Å²) in [4.78, 5) is 111. The molecule has 0 aliphatic carbocycles. The molecule has 13 nitrogen and oxygen atoms in total. The first-order valence-corrected chi connectivity index (χ1v) is 9.00. The van der Waals surface area contributed by atoms with Gasteiger partial charge in [-0.15, -0.1) is 0 Å². The van der Waals surface area contributed by atoms with Crippen LogP contribution in [0, 0.1) is 18.3 Å². The quantitative estimate of drug-likeness (QED) is 0.191. The molecule has 14 heteroatoms. The van der Waals surface area contributed by atoms with Crippen LogP contribution in [-0.4, -0.2) is 65.0 Å². The van der Waals surface area contributed by atoms with Crippen LogP contribution in [-0.2, 0) is 71.1 Å². The van der Waals surface area contributed by atoms with Gasteiger partial charge in [0.05, 0.1) is 23.2 Å². The molecule has 8 amide bonds. The van der Waals surface area contributed by atoms with E-state index in [0.717, 1.165) is 32.2 Å². The van der Waals surface area contributed by atoms with Gasteiger partial charge >= 0.3 is 0 Å². The van der Waals surface area contributed by atoms with Crippen LogP contribution in [0.2, 0.25) is 0 Å². The summed E-state index contributed by atoms with van der Waals surface area (Å²) < 4.78 is 0. The van der Waals surface area contributed by atoms with Crippen molar-refractivity contribution in [2.45, 2.75) is 6.92 Å². The number of likely N-dealkylation sites (tertiary alicyclic amines) is 1. The summed E-state index contributed by atoms with van der Waals surface area (Å²) in [6, 6.07) is 3.21. The predicted octanol–water partition coefficient (Wildman–Crippen LogP) is -1.50. The first kappa shape index (κ1) is 25.2. The van der Waals surface area contributed by atoms with E-state index in [1.165, 1.54) is 0 Å². The number of hydrogen-bond donors (Lipinski definition) is 0. The molecule has 4 heterocycles. The largest absolute Gasteiger partial charge is 0.592 e. The third-order valence-electron chi connectivity index (χ3n) is 6.02. The molecule has 4 aliphatic rings. The Labute approximate surface area is 215 Å². The number of imide groups is 4. The fraction of sp³-hybridized carbons (Fsp3) is 0.200. The summed E-state index contributed by atoms with van der Waals surface area (Å²) in [5, 5.41) is 2.95. The molecule has 0 N–H and O–H groups in total. The molecule has 1 radical (unpaired) electrons. The second kappa shape index (κ2) is 7.27. The average Bonchev–Trinajstić information content (AvgIpc) is 2.73. The Kier molecular flexibility index (Phi) is 5.39. The smallest absolute Gasteiger partial charge is 0.285 e. The zero-order valence-corrected chi connectivity index (χ0v) is 20.6. The summed E-state index contributed by atoms with van der Waals surface area (Å²) in [6.45, 7) is 1.14. The number of amides is 8. The number of anilines is 2. The first-order valence-electron chi connectivity index (χ1n) is 9.00. The van der Waals surface area contributed by atoms with Crippen molar-refractivity contribution in [3.63, 3.8) is 0 Å². The van der Waals surface area contributed by atoms with E-state index in [-0.39, 0.29) is 57.1 Å². The van der Waals surface area contributed by atoms with Gasteiger partial charge in [0.15, 0.2) is 5.78 Å². The van der Waals surface area contributed by atoms with Crippen LogP contribution in [0.1, 0.15) is 17.3 Å². The molecule has 1 aromatic carbocycles. The molecule has 0 aromatic heterocycles. The topological polar surface area (TPSA) is 177 Å². The maximum absolute atomic E-state index is 12.7. The molecule has 4 aliphatic heterocycles. The van der Waals surface area contributed by atoms with Crippen LogP contribution in [0.25, 0.3) is 5.32 Å². The summed E-state index contributed by atoms with van der Waals surface area (Å²) in [6.07, 6.45) is 0. The Morgan fingerprint density at radius 3 is 1.44 bits per heavy atom. The molecule has 171 valence electrons. The molecule has 0 atom stereocenters. The van der Waals surface area contributed by atoms with Crippen LogP contribution in [0.4, 0.5) is 11.4 Å². The molecule has 5 rings (SSSR count). The minimum absolute atomic E-state index is 0. The third-order valence-corrected chi connectivity index (χ3v) is 6.02. The maximum Gasteiger partial charge on any atom is 0.285 e. The van der Waals surface area contributed by atoms with Crippen LogP contribution in [0.5, 0.6) is 0 Å². The summed E-state index contributed by atoms with van der Waals surface area (Å²) in [5.74, 6) is -9.57. The molecule has 0 saturated carbocycles. The number of Topliss-reactive ketones (excluding diaryl/α,β-unsaturated/α-hetero) is 1. The SMILES string of the molecule is CC(=O)c1cc(N2C(=O)C3(C(=O)[N-]C3=O)C2=O)cc(N2C(=O)C3(C(=O)N(C)C3=O)C2=O)c1.[CH3-].[Y]. The van der Waals surface area contributed by atoms with Crippen LogP contribution >= 0.6 is 0 Å². The summed E-state index contributed by atoms with van der Waals surface area (Å²) >= 11 is 0. The second-order valence-electron chi connectivity index (χ2n) is 7.58. The monoisotopic (exact) mass is 541 g/mol. The van der Waals surface area contributed by atoms with Crippen molar-refractivity contribution in [2.75, 3.05) is 16.8 Å². The molecular weight excluding hydrogens is 529 g/mol. The molecular formula is C20H12N4O9Y-2. The van der Waals surface area contributed by atoms with Crippen LogP contribution in [0.3, 0.4) is 0 Å². The number of carbonyl (C=O) groups is 9. The fourth-order valence-electron chi connectivity index (χ4n) is 4.12. The van der Waals surface area contributed by atoms with Crippen LogP contribution < -0.4 is 9.80 Å². The van der Waals surface area contributed by atoms with Gasteiger partial charge in [0.2, 0.25) is 5.41 Å². The van der Waals surface area contributed by atoms with E-state index in [4.69, 9.17) is 0 Å². The normalized spacial score (nSPS) is 21.3. The van der Waals surface area contributed by atoms with Crippen molar-refractivity contribution in [1.82, 2.24) is 4.90 Å². The van der Waals surface area contributed by atoms with Gasteiger partial charge in [-0.05, 0) is 25.1 Å². The summed E-state index contributed by atoms with van der Waals surface area (Å²) in [7, 11) is 1.11. The zero-order valence-electron chi connectivity index (χ0n) is 17.8. The van der Waals surface area contributed by atoms with Crippen molar-refractivity contribution in [1.29, 1.82) is 0 Å². The number of rotatable bonds is 3. The van der Waals surface area contributed by atoms with Crippen molar-refractivity contribution in [2.24, 2.45) is 10.8 Å². The Morgan fingerprint density at radius 2 is 1.09 bits per heavy atom. The van der Waals surface area contributed by atoms with Crippen molar-refractivity contribution in [3.05, 3.63) is 36.5 Å². The standard InChI is InChI=1S/C19H10N4O9.CH3.Y/c1-6(24)7-3-8(22-14(29)18(15(22)30)10(25)20-11(18)26)5-9(4-7)23-16(31)19(17(23)32)12(27)21(2)13(19)28;;/h3-5H,1-2H3,(H,20,25,26);1H3;/q;-1;/p-1. The molecule has 2 spiro atoms. The van der Waals surface area contributed by atoms with Gasteiger partial charge in [0, 0.05) is 45.3 Å². The predicted molar refractivity (Wildman–Crippen MR) is 104 cm³/mol. The van der Waals surface area contributed by atoms with E-state index in [0.29, 0.717) is 14.7 Å². The Balaban J connectivity index is 0.00000162. The van der Waals surface area contributed by atoms with E-state index >= 15 is 0 Å². The number of β-lactam (4-membered cyclic amide) rings is 8. The Bertz CT molecular complexity index is 1270. The van der Waals surface area contributed by atoms with Crippen molar-refractivity contribution in [3.8, 4) is 0 Å². The minimum Gasteiger partial charge on any atom is -0.592 e. The van der Waals surface area contributed by atoms with Crippen molar-refractivity contribution < 1.29 is 75.9 Å². The molecule has 0 unspecified atom stereocenters. The van der Waals surface area contributed by atoms with Gasteiger partial charge < -0.3 is 22.3 Å². The fourth-order valence-corrected chi connectivity index (χ4v) is 4.12. The van der Waals surface area contributed by atoms with Gasteiger partial charge in [-0.1, -0.05) is 0 Å². The van der Waals surface area contributed by atoms with Gasteiger partial charge in [-0.25, -0.2) is 9.80 Å². The number of hydrogen-bond acceptors (Lipinski definition) is 9. The third kappa shape index (κ3) is 2.33. The van der Waals surface area contributed by atoms with Gasteiger partial charge in [0.25, 0.3) is 40.9 Å². The Hall–Kier alpha value is -3.45. The van der Waals surface area contributed by atoms with E-state index in [1.54, 1.807) is 0 Å². The van der Waals surface area contributed by atoms with Gasteiger partial charge in [-0.2, -0.15) is 0 Å². The van der Waals surface area contributed by atoms with Gasteiger partial charge in [0.1, 0.15) is 0 Å². The number of nitrogens with zero attached hydrogens (tertiary/aromatic N) is 4. The van der Waals surface area contributed by atoms with Crippen molar-refractivity contribution >= 4 is 64.4 Å². The molecule has 34 heavy (non-hydrogen) atoms. The second-order valence-corrected chi connectivity index (χ2v) is 7.58. The molecule has 4 fully saturated rings. The molecule has 0 bridgehead atoms. The first-order chi connectivity index (χ1) is 14.9. The Morgan fingerprint density at radius 1 is 0.706 bits per heavy atom. The zero-order chi connectivity index (χ0) is 23.5. The molecule has 1 aromatic rings. The summed E-state index contributed by atoms with van der Waals surface area (Å²) in [5.41, 5.74) is -5.67. The van der Waals surface area contributed by atoms with Gasteiger partial charge in [-0.3, -0.25) is 38.5 Å². The number of ketones is 1. The van der Waals surface area contributed by atoms with E-state index in [1.807, 2.05) is 0 Å². The maximum atomic E-state index is 12.7. The van der Waals surface area contributed by atoms with Crippen LogP contribution in [0.15, 0.2) is 18.2 Å².